The van der Waals surface area contributed by atoms with E-state index in [2.05, 4.69) is 4.98 Å². The van der Waals surface area contributed by atoms with Crippen molar-refractivity contribution >= 4 is 23.6 Å². The molecule has 138 valence electrons. The minimum absolute atomic E-state index is 0.0634. The molecule has 1 aromatic heterocycles. The molecule has 9 heteroatoms. The SMILES string of the molecule is CCOC(=O)C1CCCN(C(=O)CSc2ccc(C(F)(F)F)cn2)C1. The number of ether oxygens (including phenoxy) is 1. The zero-order valence-electron chi connectivity index (χ0n) is 13.7. The summed E-state index contributed by atoms with van der Waals surface area (Å²) >= 11 is 1.08. The highest BCUT2D eigenvalue weighted by Gasteiger charge is 2.31. The van der Waals surface area contributed by atoms with Crippen LogP contribution in [-0.4, -0.2) is 47.2 Å². The van der Waals surface area contributed by atoms with Crippen molar-refractivity contribution in [2.75, 3.05) is 25.4 Å². The monoisotopic (exact) mass is 376 g/mol. The average molecular weight is 376 g/mol. The second kappa shape index (κ2) is 8.55. The minimum Gasteiger partial charge on any atom is -0.466 e. The van der Waals surface area contributed by atoms with Crippen LogP contribution in [0.15, 0.2) is 23.4 Å². The summed E-state index contributed by atoms with van der Waals surface area (Å²) in [6, 6.07) is 2.19. The first kappa shape index (κ1) is 19.6. The summed E-state index contributed by atoms with van der Waals surface area (Å²) in [5, 5.41) is 0.348. The Morgan fingerprint density at radius 3 is 2.76 bits per heavy atom. The van der Waals surface area contributed by atoms with Gasteiger partial charge in [-0.25, -0.2) is 4.98 Å². The van der Waals surface area contributed by atoms with Gasteiger partial charge in [0.25, 0.3) is 0 Å². The Balaban J connectivity index is 1.86. The number of alkyl halides is 3. The molecule has 0 bridgehead atoms. The first-order chi connectivity index (χ1) is 11.8. The van der Waals surface area contributed by atoms with E-state index in [1.807, 2.05) is 0 Å². The smallest absolute Gasteiger partial charge is 0.417 e. The van der Waals surface area contributed by atoms with Crippen LogP contribution in [0.3, 0.4) is 0 Å². The molecule has 1 aliphatic rings. The van der Waals surface area contributed by atoms with Crippen LogP contribution in [0.2, 0.25) is 0 Å². The largest absolute Gasteiger partial charge is 0.466 e. The lowest BCUT2D eigenvalue weighted by Crippen LogP contribution is -2.43. The van der Waals surface area contributed by atoms with Crippen LogP contribution >= 0.6 is 11.8 Å². The van der Waals surface area contributed by atoms with Crippen LogP contribution in [0.5, 0.6) is 0 Å². The summed E-state index contributed by atoms with van der Waals surface area (Å²) in [5.74, 6) is -0.710. The Labute approximate surface area is 147 Å². The molecule has 1 amide bonds. The molecule has 0 aromatic carbocycles. The molecule has 5 nitrogen and oxygen atoms in total. The van der Waals surface area contributed by atoms with Gasteiger partial charge >= 0.3 is 12.1 Å². The molecule has 1 fully saturated rings. The van der Waals surface area contributed by atoms with E-state index in [9.17, 15) is 22.8 Å². The molecule has 0 N–H and O–H groups in total. The molecular weight excluding hydrogens is 357 g/mol. The lowest BCUT2D eigenvalue weighted by atomic mass is 9.98. The number of amides is 1. The number of esters is 1. The molecule has 2 heterocycles. The zero-order valence-corrected chi connectivity index (χ0v) is 14.5. The third kappa shape index (κ3) is 5.62. The second-order valence-corrected chi connectivity index (χ2v) is 6.60. The predicted molar refractivity (Wildman–Crippen MR) is 85.9 cm³/mol. The fourth-order valence-corrected chi connectivity index (χ4v) is 3.26. The fourth-order valence-electron chi connectivity index (χ4n) is 2.52. The van der Waals surface area contributed by atoms with Gasteiger partial charge in [-0.15, -0.1) is 0 Å². The molecule has 1 saturated heterocycles. The van der Waals surface area contributed by atoms with Crippen molar-refractivity contribution in [1.29, 1.82) is 0 Å². The van der Waals surface area contributed by atoms with Crippen LogP contribution in [-0.2, 0) is 20.5 Å². The Morgan fingerprint density at radius 1 is 1.40 bits per heavy atom. The molecule has 1 atom stereocenters. The lowest BCUT2D eigenvalue weighted by Gasteiger charge is -2.31. The number of hydrogen-bond acceptors (Lipinski definition) is 5. The van der Waals surface area contributed by atoms with Crippen molar-refractivity contribution in [2.24, 2.45) is 5.92 Å². The lowest BCUT2D eigenvalue weighted by molar-refractivity contribution is -0.151. The average Bonchev–Trinajstić information content (AvgIpc) is 2.59. The van der Waals surface area contributed by atoms with Crippen LogP contribution in [0.4, 0.5) is 13.2 Å². The number of carbonyl (C=O) groups excluding carboxylic acids is 2. The summed E-state index contributed by atoms with van der Waals surface area (Å²) in [6.07, 6.45) is -2.26. The van der Waals surface area contributed by atoms with Crippen molar-refractivity contribution in [3.05, 3.63) is 23.9 Å². The number of thioether (sulfide) groups is 1. The third-order valence-electron chi connectivity index (χ3n) is 3.80. The summed E-state index contributed by atoms with van der Waals surface area (Å²) in [6.45, 7) is 2.92. The minimum atomic E-state index is -4.43. The van der Waals surface area contributed by atoms with E-state index in [-0.39, 0.29) is 23.5 Å². The van der Waals surface area contributed by atoms with Crippen molar-refractivity contribution < 1.29 is 27.5 Å². The van der Waals surface area contributed by atoms with E-state index in [0.717, 1.165) is 30.4 Å². The normalized spacial score (nSPS) is 18.1. The molecule has 2 rings (SSSR count). The van der Waals surface area contributed by atoms with Gasteiger partial charge in [0.15, 0.2) is 0 Å². The van der Waals surface area contributed by atoms with Crippen LogP contribution in [0.1, 0.15) is 25.3 Å². The Kier molecular flexibility index (Phi) is 6.69. The standard InChI is InChI=1S/C16H19F3N2O3S/c1-2-24-15(23)11-4-3-7-21(9-11)14(22)10-25-13-6-5-12(8-20-13)16(17,18)19/h5-6,8,11H,2-4,7,9-10H2,1H3. The van der Waals surface area contributed by atoms with E-state index in [1.54, 1.807) is 11.8 Å². The molecule has 1 aliphatic heterocycles. The molecule has 1 unspecified atom stereocenters. The number of likely N-dealkylation sites (tertiary alicyclic amines) is 1. The molecule has 25 heavy (non-hydrogen) atoms. The van der Waals surface area contributed by atoms with Crippen LogP contribution < -0.4 is 0 Å². The number of piperidine rings is 1. The first-order valence-electron chi connectivity index (χ1n) is 7.91. The second-order valence-electron chi connectivity index (χ2n) is 5.60. The van der Waals surface area contributed by atoms with Crippen LogP contribution in [0.25, 0.3) is 0 Å². The molecule has 0 spiro atoms. The molecular formula is C16H19F3N2O3S. The number of halogens is 3. The zero-order chi connectivity index (χ0) is 18.4. The van der Waals surface area contributed by atoms with E-state index < -0.39 is 11.7 Å². The van der Waals surface area contributed by atoms with Gasteiger partial charge in [0, 0.05) is 19.3 Å². The number of rotatable bonds is 5. The maximum atomic E-state index is 12.5. The van der Waals surface area contributed by atoms with E-state index in [4.69, 9.17) is 4.74 Å². The van der Waals surface area contributed by atoms with E-state index in [0.29, 0.717) is 31.1 Å². The van der Waals surface area contributed by atoms with Gasteiger partial charge in [-0.2, -0.15) is 13.2 Å². The number of nitrogens with zero attached hydrogens (tertiary/aromatic N) is 2. The van der Waals surface area contributed by atoms with Gasteiger partial charge in [0.1, 0.15) is 0 Å². The van der Waals surface area contributed by atoms with E-state index in [1.165, 1.54) is 6.07 Å². The maximum absolute atomic E-state index is 12.5. The predicted octanol–water partition coefficient (Wildman–Crippen LogP) is 2.99. The van der Waals surface area contributed by atoms with Gasteiger partial charge in [-0.05, 0) is 31.9 Å². The highest BCUT2D eigenvalue weighted by Crippen LogP contribution is 2.29. The number of carbonyl (C=O) groups is 2. The summed E-state index contributed by atoms with van der Waals surface area (Å²) in [4.78, 5) is 29.4. The van der Waals surface area contributed by atoms with Crippen molar-refractivity contribution in [3.63, 3.8) is 0 Å². The number of aromatic nitrogens is 1. The quantitative estimate of drug-likeness (QED) is 0.584. The summed E-state index contributed by atoms with van der Waals surface area (Å²) < 4.78 is 42.5. The first-order valence-corrected chi connectivity index (χ1v) is 8.90. The molecule has 0 saturated carbocycles. The fraction of sp³-hybridized carbons (Fsp3) is 0.562. The van der Waals surface area contributed by atoms with Crippen molar-refractivity contribution in [1.82, 2.24) is 9.88 Å². The van der Waals surface area contributed by atoms with Gasteiger partial charge in [0.2, 0.25) is 5.91 Å². The highest BCUT2D eigenvalue weighted by atomic mass is 32.2. The molecule has 1 aromatic rings. The van der Waals surface area contributed by atoms with Gasteiger partial charge in [0.05, 0.1) is 28.9 Å². The van der Waals surface area contributed by atoms with Crippen molar-refractivity contribution in [2.45, 2.75) is 31.0 Å². The summed E-state index contributed by atoms with van der Waals surface area (Å²) in [7, 11) is 0. The molecule has 0 radical (unpaired) electrons. The van der Waals surface area contributed by atoms with Crippen LogP contribution in [0, 0.1) is 5.92 Å². The Bertz CT molecular complexity index is 608. The van der Waals surface area contributed by atoms with Gasteiger partial charge in [-0.3, -0.25) is 9.59 Å². The van der Waals surface area contributed by atoms with Crippen molar-refractivity contribution in [3.8, 4) is 0 Å². The van der Waals surface area contributed by atoms with Gasteiger partial charge in [-0.1, -0.05) is 11.8 Å². The third-order valence-corrected chi connectivity index (χ3v) is 4.73. The highest BCUT2D eigenvalue weighted by molar-refractivity contribution is 7.99. The van der Waals surface area contributed by atoms with Gasteiger partial charge < -0.3 is 9.64 Å². The van der Waals surface area contributed by atoms with E-state index >= 15 is 0 Å². The number of pyridine rings is 1. The maximum Gasteiger partial charge on any atom is 0.417 e. The molecule has 0 aliphatic carbocycles. The summed E-state index contributed by atoms with van der Waals surface area (Å²) in [5.41, 5.74) is -0.823. The Morgan fingerprint density at radius 2 is 2.16 bits per heavy atom. The number of hydrogen-bond donors (Lipinski definition) is 0. The topological polar surface area (TPSA) is 59.5 Å². The Hall–Kier alpha value is -1.77.